The minimum Gasteiger partial charge on any atom is -0.495 e. The molecular weight excluding hydrogens is 661 g/mol. The number of fused-ring (bicyclic) bond motifs is 7. The summed E-state index contributed by atoms with van der Waals surface area (Å²) in [5.74, 6) is 1.77. The van der Waals surface area contributed by atoms with Gasteiger partial charge in [-0.25, -0.2) is 4.79 Å². The fraction of sp³-hybridized carbons (Fsp3) is 0.326. The minimum absolute atomic E-state index is 0.143. The van der Waals surface area contributed by atoms with E-state index in [0.717, 1.165) is 61.0 Å². The lowest BCUT2D eigenvalue weighted by Gasteiger charge is -2.39. The molecule has 8 rings (SSSR count). The van der Waals surface area contributed by atoms with Gasteiger partial charge in [0.25, 0.3) is 0 Å². The number of unbranched alkanes of at least 4 members (excludes halogenated alkanes) is 3. The maximum absolute atomic E-state index is 12.9. The molecule has 0 amide bonds. The lowest BCUT2D eigenvalue weighted by atomic mass is 9.72. The Morgan fingerprint density at radius 3 is 2.34 bits per heavy atom. The number of carbonyl (C=O) groups is 1. The van der Waals surface area contributed by atoms with E-state index >= 15 is 0 Å². The van der Waals surface area contributed by atoms with Crippen LogP contribution in [0.2, 0.25) is 0 Å². The zero-order valence-corrected chi connectivity index (χ0v) is 31.2. The summed E-state index contributed by atoms with van der Waals surface area (Å²) in [6.07, 6.45) is 10.5. The molecule has 0 spiro atoms. The summed E-state index contributed by atoms with van der Waals surface area (Å²) in [5.41, 5.74) is 11.5. The van der Waals surface area contributed by atoms with Gasteiger partial charge in [-0.05, 0) is 101 Å². The number of piperazine rings is 1. The molecule has 2 heterocycles. The van der Waals surface area contributed by atoms with Gasteiger partial charge in [0, 0.05) is 48.4 Å². The largest absolute Gasteiger partial charge is 0.495 e. The number of carbonyl (C=O) groups excluding carboxylic acids is 1. The number of benzene rings is 4. The standard InChI is InChI=1S/C46H48N2O5/c1-5-6-7-10-27-51-33-19-15-31(16-20-33)45(49)53-34-21-17-32(18-22-34)47-23-25-48(26-24-47)40-29-37-38(30-41(40)50-4)44-36(13-11-28-52-44)43-42(37)35-12-8-9-14-39(35)46(43,2)3/h8-9,11-22,28-30,44H,5-7,10,23-27H2,1-4H3. The van der Waals surface area contributed by atoms with Crippen LogP contribution in [-0.2, 0) is 10.2 Å². The van der Waals surface area contributed by atoms with Crippen molar-refractivity contribution in [3.05, 3.63) is 142 Å². The molecule has 4 aromatic rings. The molecule has 1 atom stereocenters. The van der Waals surface area contributed by atoms with Crippen molar-refractivity contribution in [1.82, 2.24) is 0 Å². The molecular formula is C46H48N2O5. The van der Waals surface area contributed by atoms with Crippen LogP contribution in [0.3, 0.4) is 0 Å². The molecule has 1 saturated heterocycles. The Kier molecular flexibility index (Phi) is 9.50. The number of hydrogen-bond donors (Lipinski definition) is 0. The molecule has 1 fully saturated rings. The highest BCUT2D eigenvalue weighted by atomic mass is 16.5. The van der Waals surface area contributed by atoms with Crippen LogP contribution in [0.5, 0.6) is 17.2 Å². The first kappa shape index (κ1) is 34.6. The molecule has 0 N–H and O–H groups in total. The minimum atomic E-state index is -0.383. The molecule has 7 nitrogen and oxygen atoms in total. The van der Waals surface area contributed by atoms with Gasteiger partial charge in [-0.1, -0.05) is 70.4 Å². The Morgan fingerprint density at radius 1 is 0.849 bits per heavy atom. The van der Waals surface area contributed by atoms with Crippen LogP contribution in [0.15, 0.2) is 114 Å². The molecule has 0 bridgehead atoms. The zero-order valence-electron chi connectivity index (χ0n) is 31.2. The van der Waals surface area contributed by atoms with Gasteiger partial charge in [-0.3, -0.25) is 0 Å². The normalized spacial score (nSPS) is 18.0. The number of anilines is 2. The Balaban J connectivity index is 0.952. The van der Waals surface area contributed by atoms with Crippen LogP contribution >= 0.6 is 0 Å². The maximum atomic E-state index is 12.9. The molecule has 0 saturated carbocycles. The van der Waals surface area contributed by atoms with Crippen molar-refractivity contribution >= 4 is 22.9 Å². The van der Waals surface area contributed by atoms with Gasteiger partial charge >= 0.3 is 5.97 Å². The molecule has 2 aliphatic carbocycles. The molecule has 0 aromatic heterocycles. The number of nitrogens with zero attached hydrogens (tertiary/aromatic N) is 2. The van der Waals surface area contributed by atoms with Gasteiger partial charge < -0.3 is 28.7 Å². The molecule has 4 aromatic carbocycles. The predicted octanol–water partition coefficient (Wildman–Crippen LogP) is 9.82. The van der Waals surface area contributed by atoms with Crippen molar-refractivity contribution in [3.63, 3.8) is 0 Å². The topological polar surface area (TPSA) is 60.5 Å². The lowest BCUT2D eigenvalue weighted by Crippen LogP contribution is -2.46. The van der Waals surface area contributed by atoms with Crippen molar-refractivity contribution in [3.8, 4) is 17.2 Å². The van der Waals surface area contributed by atoms with E-state index in [0.29, 0.717) is 17.9 Å². The number of hydrogen-bond acceptors (Lipinski definition) is 7. The molecule has 2 aliphatic heterocycles. The van der Waals surface area contributed by atoms with Gasteiger partial charge in [0.05, 0.1) is 31.2 Å². The Labute approximate surface area is 313 Å². The summed E-state index contributed by atoms with van der Waals surface area (Å²) < 4.78 is 23.9. The third kappa shape index (κ3) is 6.47. The number of rotatable bonds is 11. The van der Waals surface area contributed by atoms with E-state index in [-0.39, 0.29) is 17.5 Å². The van der Waals surface area contributed by atoms with E-state index in [9.17, 15) is 4.79 Å². The third-order valence-corrected chi connectivity index (χ3v) is 11.2. The van der Waals surface area contributed by atoms with E-state index in [1.54, 1.807) is 25.5 Å². The van der Waals surface area contributed by atoms with Crippen molar-refractivity contribution < 1.29 is 23.7 Å². The predicted molar refractivity (Wildman–Crippen MR) is 211 cm³/mol. The molecule has 7 heteroatoms. The quantitative estimate of drug-likeness (QED) is 0.0874. The van der Waals surface area contributed by atoms with Crippen molar-refractivity contribution in [2.75, 3.05) is 49.7 Å². The third-order valence-electron chi connectivity index (χ3n) is 11.2. The molecule has 0 radical (unpaired) electrons. The number of esters is 1. The first-order chi connectivity index (χ1) is 25.9. The highest BCUT2D eigenvalue weighted by Crippen LogP contribution is 2.59. The summed E-state index contributed by atoms with van der Waals surface area (Å²) in [7, 11) is 1.76. The SMILES string of the molecule is CCCCCCOc1ccc(C(=O)Oc2ccc(N3CCN(c4cc5c(cc4OC)C4OC=CC=C4C4=C5c5ccccc5C4(C)C)CC3)cc2)cc1. The van der Waals surface area contributed by atoms with Gasteiger partial charge in [-0.15, -0.1) is 0 Å². The summed E-state index contributed by atoms with van der Waals surface area (Å²) in [4.78, 5) is 17.7. The Bertz CT molecular complexity index is 2090. The summed E-state index contributed by atoms with van der Waals surface area (Å²) in [6.45, 7) is 10.9. The molecule has 4 aliphatic rings. The van der Waals surface area contributed by atoms with Crippen LogP contribution in [-0.4, -0.2) is 45.9 Å². The first-order valence-corrected chi connectivity index (χ1v) is 19.0. The second kappa shape index (κ2) is 14.5. The maximum Gasteiger partial charge on any atom is 0.343 e. The molecule has 53 heavy (non-hydrogen) atoms. The zero-order chi connectivity index (χ0) is 36.5. The highest BCUT2D eigenvalue weighted by Gasteiger charge is 2.46. The second-order valence-corrected chi connectivity index (χ2v) is 14.8. The monoisotopic (exact) mass is 708 g/mol. The van der Waals surface area contributed by atoms with Crippen LogP contribution in [0.25, 0.3) is 5.57 Å². The molecule has 1 unspecified atom stereocenters. The fourth-order valence-electron chi connectivity index (χ4n) is 8.43. The highest BCUT2D eigenvalue weighted by molar-refractivity contribution is 5.97. The first-order valence-electron chi connectivity index (χ1n) is 19.0. The lowest BCUT2D eigenvalue weighted by molar-refractivity contribution is 0.0734. The average molecular weight is 709 g/mol. The number of allylic oxidation sites excluding steroid dienone is 2. The van der Waals surface area contributed by atoms with Crippen LogP contribution < -0.4 is 24.0 Å². The van der Waals surface area contributed by atoms with Gasteiger partial charge in [-0.2, -0.15) is 0 Å². The summed E-state index contributed by atoms with van der Waals surface area (Å²) >= 11 is 0. The van der Waals surface area contributed by atoms with Gasteiger partial charge in [0.15, 0.2) is 0 Å². The van der Waals surface area contributed by atoms with Gasteiger partial charge in [0.1, 0.15) is 23.4 Å². The Morgan fingerprint density at radius 2 is 1.58 bits per heavy atom. The van der Waals surface area contributed by atoms with E-state index in [4.69, 9.17) is 18.9 Å². The van der Waals surface area contributed by atoms with Crippen LogP contribution in [0.4, 0.5) is 11.4 Å². The number of ether oxygens (including phenoxy) is 4. The summed E-state index contributed by atoms with van der Waals surface area (Å²) in [5, 5.41) is 0. The average Bonchev–Trinajstić information content (AvgIpc) is 3.44. The van der Waals surface area contributed by atoms with Crippen LogP contribution in [0, 0.1) is 0 Å². The fourth-order valence-corrected chi connectivity index (χ4v) is 8.43. The number of methoxy groups -OCH3 is 1. The van der Waals surface area contributed by atoms with E-state index in [2.05, 4.69) is 73.0 Å². The smallest absolute Gasteiger partial charge is 0.343 e. The van der Waals surface area contributed by atoms with Crippen molar-refractivity contribution in [1.29, 1.82) is 0 Å². The van der Waals surface area contributed by atoms with Gasteiger partial charge in [0.2, 0.25) is 0 Å². The van der Waals surface area contributed by atoms with Crippen LogP contribution in [0.1, 0.15) is 85.2 Å². The Hall–Kier alpha value is -5.43. The second-order valence-electron chi connectivity index (χ2n) is 14.8. The van der Waals surface area contributed by atoms with Crippen molar-refractivity contribution in [2.24, 2.45) is 0 Å². The summed E-state index contributed by atoms with van der Waals surface area (Å²) in [6, 6.07) is 28.4. The van der Waals surface area contributed by atoms with E-state index in [1.165, 1.54) is 52.7 Å². The van der Waals surface area contributed by atoms with Crippen molar-refractivity contribution in [2.45, 2.75) is 58.0 Å². The molecule has 272 valence electrons. The van der Waals surface area contributed by atoms with E-state index in [1.807, 2.05) is 42.5 Å². The van der Waals surface area contributed by atoms with E-state index < -0.39 is 0 Å².